The minimum atomic E-state index is -0.0759. The standard InChI is InChI=1S/C17H13BrClN3OS/c18-12-1-5-14(6-2-12)21-16(23)11-24-17-20-9-10-22(17)15-7-3-13(19)4-8-15/h1-10H,11H2,(H,21,23). The SMILES string of the molecule is O=C(CSc1nccn1-c1ccc(Cl)cc1)Nc1ccc(Br)cc1. The number of benzene rings is 2. The number of halogens is 2. The van der Waals surface area contributed by atoms with Crippen LogP contribution in [0, 0.1) is 0 Å². The Labute approximate surface area is 157 Å². The summed E-state index contributed by atoms with van der Waals surface area (Å²) in [6.45, 7) is 0. The van der Waals surface area contributed by atoms with Gasteiger partial charge in [0.25, 0.3) is 0 Å². The van der Waals surface area contributed by atoms with Crippen molar-refractivity contribution in [1.29, 1.82) is 0 Å². The number of anilines is 1. The van der Waals surface area contributed by atoms with Gasteiger partial charge in [0.05, 0.1) is 5.75 Å². The number of amides is 1. The Morgan fingerprint density at radius 1 is 1.17 bits per heavy atom. The van der Waals surface area contributed by atoms with E-state index in [0.717, 1.165) is 21.0 Å². The fourth-order valence-corrected chi connectivity index (χ4v) is 3.22. The summed E-state index contributed by atoms with van der Waals surface area (Å²) in [6.07, 6.45) is 3.57. The maximum absolute atomic E-state index is 12.1. The lowest BCUT2D eigenvalue weighted by atomic mass is 10.3. The number of nitrogens with zero attached hydrogens (tertiary/aromatic N) is 2. The fraction of sp³-hybridized carbons (Fsp3) is 0.0588. The second kappa shape index (κ2) is 7.88. The Morgan fingerprint density at radius 2 is 1.88 bits per heavy atom. The molecule has 24 heavy (non-hydrogen) atoms. The molecule has 3 rings (SSSR count). The summed E-state index contributed by atoms with van der Waals surface area (Å²) in [5.41, 5.74) is 1.72. The first-order chi connectivity index (χ1) is 11.6. The highest BCUT2D eigenvalue weighted by molar-refractivity contribution is 9.10. The molecule has 4 nitrogen and oxygen atoms in total. The van der Waals surface area contributed by atoms with Crippen molar-refractivity contribution in [2.24, 2.45) is 0 Å². The predicted molar refractivity (Wildman–Crippen MR) is 102 cm³/mol. The average molecular weight is 423 g/mol. The highest BCUT2D eigenvalue weighted by Gasteiger charge is 2.09. The number of aromatic nitrogens is 2. The number of carbonyl (C=O) groups is 1. The molecule has 0 unspecified atom stereocenters. The van der Waals surface area contributed by atoms with Crippen LogP contribution in [0.4, 0.5) is 5.69 Å². The van der Waals surface area contributed by atoms with E-state index in [9.17, 15) is 4.79 Å². The molecule has 1 N–H and O–H groups in total. The van der Waals surface area contributed by atoms with Crippen LogP contribution >= 0.6 is 39.3 Å². The van der Waals surface area contributed by atoms with Crippen molar-refractivity contribution in [1.82, 2.24) is 9.55 Å². The Bertz CT molecular complexity index is 834. The molecule has 7 heteroatoms. The maximum atomic E-state index is 12.1. The Kier molecular flexibility index (Phi) is 5.60. The molecule has 0 aliphatic heterocycles. The topological polar surface area (TPSA) is 46.9 Å². The van der Waals surface area contributed by atoms with Gasteiger partial charge >= 0.3 is 0 Å². The molecule has 1 heterocycles. The van der Waals surface area contributed by atoms with Crippen molar-refractivity contribution in [2.45, 2.75) is 5.16 Å². The van der Waals surface area contributed by atoms with E-state index in [1.807, 2.05) is 59.3 Å². The monoisotopic (exact) mass is 421 g/mol. The summed E-state index contributed by atoms with van der Waals surface area (Å²) < 4.78 is 2.90. The summed E-state index contributed by atoms with van der Waals surface area (Å²) in [4.78, 5) is 16.4. The number of rotatable bonds is 5. The number of hydrogen-bond donors (Lipinski definition) is 1. The van der Waals surface area contributed by atoms with Gasteiger partial charge in [0.15, 0.2) is 5.16 Å². The van der Waals surface area contributed by atoms with Gasteiger partial charge in [-0.25, -0.2) is 4.98 Å². The van der Waals surface area contributed by atoms with Gasteiger partial charge in [-0.1, -0.05) is 39.3 Å². The smallest absolute Gasteiger partial charge is 0.234 e. The van der Waals surface area contributed by atoms with Crippen LogP contribution in [0.3, 0.4) is 0 Å². The summed E-state index contributed by atoms with van der Waals surface area (Å²) in [5.74, 6) is 0.202. The molecule has 0 saturated carbocycles. The van der Waals surface area contributed by atoms with Crippen LogP contribution in [-0.4, -0.2) is 21.2 Å². The van der Waals surface area contributed by atoms with Crippen molar-refractivity contribution in [2.75, 3.05) is 11.1 Å². The zero-order chi connectivity index (χ0) is 16.9. The third kappa shape index (κ3) is 4.41. The largest absolute Gasteiger partial charge is 0.325 e. The Balaban J connectivity index is 1.63. The predicted octanol–water partition coefficient (Wildman–Crippen LogP) is 5.02. The minimum Gasteiger partial charge on any atom is -0.325 e. The molecule has 0 radical (unpaired) electrons. The van der Waals surface area contributed by atoms with Gasteiger partial charge in [-0.2, -0.15) is 0 Å². The molecule has 0 bridgehead atoms. The van der Waals surface area contributed by atoms with Gasteiger partial charge in [-0.3, -0.25) is 9.36 Å². The molecule has 0 fully saturated rings. The lowest BCUT2D eigenvalue weighted by Gasteiger charge is -2.08. The molecule has 3 aromatic rings. The first kappa shape index (κ1) is 17.1. The van der Waals surface area contributed by atoms with Crippen molar-refractivity contribution < 1.29 is 4.79 Å². The van der Waals surface area contributed by atoms with Crippen molar-refractivity contribution >= 4 is 50.9 Å². The summed E-state index contributed by atoms with van der Waals surface area (Å²) in [5, 5.41) is 4.30. The molecular weight excluding hydrogens is 410 g/mol. The summed E-state index contributed by atoms with van der Waals surface area (Å²) in [6, 6.07) is 14.9. The lowest BCUT2D eigenvalue weighted by Crippen LogP contribution is -2.14. The van der Waals surface area contributed by atoms with Gasteiger partial charge in [0, 0.05) is 33.3 Å². The third-order valence-corrected chi connectivity index (χ3v) is 4.92. The van der Waals surface area contributed by atoms with Gasteiger partial charge in [0.1, 0.15) is 0 Å². The Morgan fingerprint density at radius 3 is 2.58 bits per heavy atom. The zero-order valence-electron chi connectivity index (χ0n) is 12.4. The summed E-state index contributed by atoms with van der Waals surface area (Å²) in [7, 11) is 0. The van der Waals surface area contributed by atoms with Crippen molar-refractivity contribution in [3.8, 4) is 5.69 Å². The molecule has 122 valence electrons. The molecule has 0 saturated heterocycles. The number of hydrogen-bond acceptors (Lipinski definition) is 3. The van der Waals surface area contributed by atoms with E-state index in [0.29, 0.717) is 5.02 Å². The molecule has 0 aliphatic carbocycles. The average Bonchev–Trinajstić information content (AvgIpc) is 3.04. The number of nitrogens with one attached hydrogen (secondary N) is 1. The molecular formula is C17H13BrClN3OS. The zero-order valence-corrected chi connectivity index (χ0v) is 15.6. The van der Waals surface area contributed by atoms with Crippen molar-refractivity contribution in [3.05, 3.63) is 70.4 Å². The molecule has 0 aliphatic rings. The van der Waals surface area contributed by atoms with Crippen LogP contribution < -0.4 is 5.32 Å². The second-order valence-corrected chi connectivity index (χ2v) is 7.19. The molecule has 0 spiro atoms. The van der Waals surface area contributed by atoms with Gasteiger partial charge in [-0.05, 0) is 48.5 Å². The fourth-order valence-electron chi connectivity index (χ4n) is 2.06. The van der Waals surface area contributed by atoms with E-state index in [1.54, 1.807) is 6.20 Å². The van der Waals surface area contributed by atoms with Crippen molar-refractivity contribution in [3.63, 3.8) is 0 Å². The van der Waals surface area contributed by atoms with Crippen LogP contribution in [-0.2, 0) is 4.79 Å². The normalized spacial score (nSPS) is 10.6. The second-order valence-electron chi connectivity index (χ2n) is 4.90. The molecule has 2 aromatic carbocycles. The third-order valence-electron chi connectivity index (χ3n) is 3.17. The highest BCUT2D eigenvalue weighted by Crippen LogP contribution is 2.22. The van der Waals surface area contributed by atoms with Crippen LogP contribution in [0.2, 0.25) is 5.02 Å². The van der Waals surface area contributed by atoms with Crippen LogP contribution in [0.5, 0.6) is 0 Å². The molecule has 0 atom stereocenters. The van der Waals surface area contributed by atoms with E-state index in [2.05, 4.69) is 26.2 Å². The van der Waals surface area contributed by atoms with E-state index < -0.39 is 0 Å². The van der Waals surface area contributed by atoms with E-state index in [-0.39, 0.29) is 11.7 Å². The van der Waals surface area contributed by atoms with Crippen LogP contribution in [0.25, 0.3) is 5.69 Å². The van der Waals surface area contributed by atoms with Crippen LogP contribution in [0.15, 0.2) is 70.6 Å². The van der Waals surface area contributed by atoms with Gasteiger partial charge in [0.2, 0.25) is 5.91 Å². The quantitative estimate of drug-likeness (QED) is 0.587. The first-order valence-electron chi connectivity index (χ1n) is 7.09. The molecule has 1 amide bonds. The number of thioether (sulfide) groups is 1. The van der Waals surface area contributed by atoms with Gasteiger partial charge < -0.3 is 5.32 Å². The number of imidazole rings is 1. The number of carbonyl (C=O) groups excluding carboxylic acids is 1. The van der Waals surface area contributed by atoms with Gasteiger partial charge in [-0.15, -0.1) is 0 Å². The Hall–Kier alpha value is -1.76. The van der Waals surface area contributed by atoms with E-state index >= 15 is 0 Å². The maximum Gasteiger partial charge on any atom is 0.234 e. The lowest BCUT2D eigenvalue weighted by molar-refractivity contribution is -0.113. The van der Waals surface area contributed by atoms with E-state index in [4.69, 9.17) is 11.6 Å². The molecule has 1 aromatic heterocycles. The van der Waals surface area contributed by atoms with Crippen LogP contribution in [0.1, 0.15) is 0 Å². The minimum absolute atomic E-state index is 0.0759. The highest BCUT2D eigenvalue weighted by atomic mass is 79.9. The first-order valence-corrected chi connectivity index (χ1v) is 9.25. The summed E-state index contributed by atoms with van der Waals surface area (Å²) >= 11 is 10.7. The van der Waals surface area contributed by atoms with E-state index in [1.165, 1.54) is 11.8 Å².